The number of alkyl halides is 2. The summed E-state index contributed by atoms with van der Waals surface area (Å²) < 4.78 is 27.7. The molecule has 1 saturated heterocycles. The lowest BCUT2D eigenvalue weighted by Gasteiger charge is -2.09. The number of carbonyl (C=O) groups excluding carboxylic acids is 1. The Morgan fingerprint density at radius 3 is 3.00 bits per heavy atom. The van der Waals surface area contributed by atoms with Crippen molar-refractivity contribution in [2.24, 2.45) is 5.92 Å². The highest BCUT2D eigenvalue weighted by Gasteiger charge is 2.42. The van der Waals surface area contributed by atoms with Gasteiger partial charge in [-0.25, -0.2) is 8.78 Å². The van der Waals surface area contributed by atoms with Crippen molar-refractivity contribution in [2.75, 3.05) is 11.9 Å². The van der Waals surface area contributed by atoms with Crippen LogP contribution in [0.15, 0.2) is 12.4 Å². The van der Waals surface area contributed by atoms with Gasteiger partial charge in [-0.15, -0.1) is 0 Å². The maximum Gasteiger partial charge on any atom is 0.262 e. The maximum atomic E-state index is 13.0. The summed E-state index contributed by atoms with van der Waals surface area (Å²) in [6.45, 7) is 4.42. The van der Waals surface area contributed by atoms with Gasteiger partial charge >= 0.3 is 0 Å². The van der Waals surface area contributed by atoms with Gasteiger partial charge in [0, 0.05) is 19.2 Å². The molecule has 0 spiro atoms. The van der Waals surface area contributed by atoms with Crippen LogP contribution in [0.2, 0.25) is 0 Å². The fourth-order valence-electron chi connectivity index (χ4n) is 2.03. The zero-order valence-electron chi connectivity index (χ0n) is 11.0. The molecule has 2 N–H and O–H groups in total. The zero-order chi connectivity index (χ0) is 14.0. The van der Waals surface area contributed by atoms with Crippen molar-refractivity contribution in [3.63, 3.8) is 0 Å². The summed E-state index contributed by atoms with van der Waals surface area (Å²) in [5, 5.41) is 9.21. The van der Waals surface area contributed by atoms with Gasteiger partial charge in [-0.3, -0.25) is 14.8 Å². The van der Waals surface area contributed by atoms with Crippen LogP contribution in [0, 0.1) is 5.92 Å². The maximum absolute atomic E-state index is 13.0. The highest BCUT2D eigenvalue weighted by molar-refractivity contribution is 5.94. The molecule has 0 bridgehead atoms. The minimum atomic E-state index is -2.80. The molecule has 106 valence electrons. The Morgan fingerprint density at radius 2 is 2.42 bits per heavy atom. The van der Waals surface area contributed by atoms with Gasteiger partial charge in [0.05, 0.1) is 24.5 Å². The van der Waals surface area contributed by atoms with Gasteiger partial charge in [0.2, 0.25) is 5.91 Å². The van der Waals surface area contributed by atoms with E-state index in [0.29, 0.717) is 11.6 Å². The van der Waals surface area contributed by atoms with Crippen molar-refractivity contribution in [2.45, 2.75) is 38.8 Å². The Morgan fingerprint density at radius 1 is 1.68 bits per heavy atom. The van der Waals surface area contributed by atoms with Crippen LogP contribution in [0.3, 0.4) is 0 Å². The molecule has 1 atom stereocenters. The number of carbonyl (C=O) groups is 1. The van der Waals surface area contributed by atoms with Gasteiger partial charge in [0.15, 0.2) is 0 Å². The molecular weight excluding hydrogens is 254 g/mol. The molecule has 1 aromatic heterocycles. The zero-order valence-corrected chi connectivity index (χ0v) is 11.0. The standard InChI is InChI=1S/C12H18F2N4O/c1-8(2)5-18-6-9(4-16-18)17-11(19)10-3-12(13,14)7-15-10/h4,6,8,10,15H,3,5,7H2,1-2H3,(H,17,19). The Hall–Kier alpha value is -1.50. The van der Waals surface area contributed by atoms with Gasteiger partial charge in [-0.1, -0.05) is 13.8 Å². The normalized spacial score (nSPS) is 21.8. The first-order valence-corrected chi connectivity index (χ1v) is 6.30. The lowest BCUT2D eigenvalue weighted by atomic mass is 10.2. The van der Waals surface area contributed by atoms with E-state index >= 15 is 0 Å². The topological polar surface area (TPSA) is 59.0 Å². The van der Waals surface area contributed by atoms with Crippen molar-refractivity contribution >= 4 is 11.6 Å². The third-order valence-electron chi connectivity index (χ3n) is 2.88. The van der Waals surface area contributed by atoms with Gasteiger partial charge in [-0.05, 0) is 5.92 Å². The lowest BCUT2D eigenvalue weighted by Crippen LogP contribution is -2.35. The Balaban J connectivity index is 1.90. The fraction of sp³-hybridized carbons (Fsp3) is 0.667. The molecule has 1 aliphatic rings. The molecule has 2 rings (SSSR count). The molecule has 0 aromatic carbocycles. The van der Waals surface area contributed by atoms with E-state index in [4.69, 9.17) is 0 Å². The molecule has 0 radical (unpaired) electrons. The Kier molecular flexibility index (Phi) is 3.84. The van der Waals surface area contributed by atoms with Crippen LogP contribution in [0.25, 0.3) is 0 Å². The fourth-order valence-corrected chi connectivity index (χ4v) is 2.03. The number of nitrogens with one attached hydrogen (secondary N) is 2. The van der Waals surface area contributed by atoms with Crippen molar-refractivity contribution in [3.05, 3.63) is 12.4 Å². The summed E-state index contributed by atoms with van der Waals surface area (Å²) in [5.74, 6) is -2.80. The summed E-state index contributed by atoms with van der Waals surface area (Å²) in [5.41, 5.74) is 0.530. The summed E-state index contributed by atoms with van der Waals surface area (Å²) in [6, 6.07) is -0.844. The summed E-state index contributed by atoms with van der Waals surface area (Å²) in [6.07, 6.45) is 2.76. The molecule has 1 aromatic rings. The summed E-state index contributed by atoms with van der Waals surface area (Å²) in [4.78, 5) is 11.8. The molecule has 1 aliphatic heterocycles. The Bertz CT molecular complexity index is 458. The SMILES string of the molecule is CC(C)Cn1cc(NC(=O)C2CC(F)(F)CN2)cn1. The number of halogens is 2. The average molecular weight is 272 g/mol. The van der Waals surface area contributed by atoms with Gasteiger partial charge in [-0.2, -0.15) is 5.10 Å². The molecule has 0 aliphatic carbocycles. The monoisotopic (exact) mass is 272 g/mol. The van der Waals surface area contributed by atoms with Crippen molar-refractivity contribution in [1.82, 2.24) is 15.1 Å². The first-order chi connectivity index (χ1) is 8.85. The number of amides is 1. The van der Waals surface area contributed by atoms with Crippen molar-refractivity contribution in [3.8, 4) is 0 Å². The predicted octanol–water partition coefficient (Wildman–Crippen LogP) is 1.47. The molecule has 2 heterocycles. The van der Waals surface area contributed by atoms with E-state index in [2.05, 4.69) is 29.6 Å². The van der Waals surface area contributed by atoms with Crippen LogP contribution in [0.4, 0.5) is 14.5 Å². The van der Waals surface area contributed by atoms with Crippen molar-refractivity contribution in [1.29, 1.82) is 0 Å². The number of hydrogen-bond donors (Lipinski definition) is 2. The molecule has 1 fully saturated rings. The summed E-state index contributed by atoms with van der Waals surface area (Å²) in [7, 11) is 0. The second kappa shape index (κ2) is 5.24. The largest absolute Gasteiger partial charge is 0.322 e. The minimum absolute atomic E-state index is 0.443. The Labute approximate surface area is 110 Å². The van der Waals surface area contributed by atoms with Crippen LogP contribution < -0.4 is 10.6 Å². The third-order valence-corrected chi connectivity index (χ3v) is 2.88. The van der Waals surface area contributed by atoms with Crippen LogP contribution in [-0.2, 0) is 11.3 Å². The first kappa shape index (κ1) is 13.9. The van der Waals surface area contributed by atoms with E-state index in [0.717, 1.165) is 6.54 Å². The van der Waals surface area contributed by atoms with E-state index in [1.165, 1.54) is 6.20 Å². The smallest absolute Gasteiger partial charge is 0.262 e. The third kappa shape index (κ3) is 3.73. The molecule has 5 nitrogen and oxygen atoms in total. The van der Waals surface area contributed by atoms with Crippen molar-refractivity contribution < 1.29 is 13.6 Å². The van der Waals surface area contributed by atoms with Gasteiger partial charge in [0.1, 0.15) is 0 Å². The minimum Gasteiger partial charge on any atom is -0.322 e. The number of anilines is 1. The number of aromatic nitrogens is 2. The number of hydrogen-bond acceptors (Lipinski definition) is 3. The van der Waals surface area contributed by atoms with E-state index in [-0.39, 0.29) is 0 Å². The molecule has 1 unspecified atom stereocenters. The van der Waals surface area contributed by atoms with E-state index in [9.17, 15) is 13.6 Å². The molecule has 7 heteroatoms. The first-order valence-electron chi connectivity index (χ1n) is 6.30. The van der Waals surface area contributed by atoms with Crippen LogP contribution in [0.5, 0.6) is 0 Å². The summed E-state index contributed by atoms with van der Waals surface area (Å²) >= 11 is 0. The van der Waals surface area contributed by atoms with E-state index in [1.54, 1.807) is 10.9 Å². The highest BCUT2D eigenvalue weighted by Crippen LogP contribution is 2.25. The predicted molar refractivity (Wildman–Crippen MR) is 67.0 cm³/mol. The van der Waals surface area contributed by atoms with Gasteiger partial charge in [0.25, 0.3) is 5.92 Å². The number of nitrogens with zero attached hydrogens (tertiary/aromatic N) is 2. The van der Waals surface area contributed by atoms with Crippen LogP contribution in [-0.4, -0.2) is 34.2 Å². The lowest BCUT2D eigenvalue weighted by molar-refractivity contribution is -0.118. The second-order valence-corrected chi connectivity index (χ2v) is 5.33. The van der Waals surface area contributed by atoms with Crippen LogP contribution in [0.1, 0.15) is 20.3 Å². The second-order valence-electron chi connectivity index (χ2n) is 5.33. The molecule has 19 heavy (non-hydrogen) atoms. The molecular formula is C12H18F2N4O. The average Bonchev–Trinajstić information content (AvgIpc) is 2.84. The van der Waals surface area contributed by atoms with Gasteiger partial charge < -0.3 is 5.32 Å². The molecule has 0 saturated carbocycles. The van der Waals surface area contributed by atoms with E-state index in [1.807, 2.05) is 0 Å². The van der Waals surface area contributed by atoms with Crippen LogP contribution >= 0.6 is 0 Å². The highest BCUT2D eigenvalue weighted by atomic mass is 19.3. The van der Waals surface area contributed by atoms with E-state index < -0.39 is 30.8 Å². The quantitative estimate of drug-likeness (QED) is 0.872. The number of rotatable bonds is 4. The molecule has 1 amide bonds.